The minimum atomic E-state index is -0.516. The number of hydrogen-bond donors (Lipinski definition) is 1. The van der Waals surface area contributed by atoms with E-state index in [1.165, 1.54) is 12.1 Å². The van der Waals surface area contributed by atoms with Gasteiger partial charge in [-0.1, -0.05) is 45.2 Å². The SMILES string of the molecule is O=[N+]([O-])c1ccc(NCc2ccc(Br)cc2Cl)cc1Cl. The predicted molar refractivity (Wildman–Crippen MR) is 84.6 cm³/mol. The second-order valence-corrected chi connectivity index (χ2v) is 5.74. The predicted octanol–water partition coefficient (Wildman–Crippen LogP) is 5.28. The van der Waals surface area contributed by atoms with Crippen molar-refractivity contribution in [2.75, 3.05) is 5.32 Å². The molecule has 0 fully saturated rings. The third kappa shape index (κ3) is 3.62. The first kappa shape index (κ1) is 15.1. The molecule has 0 aliphatic heterocycles. The molecule has 104 valence electrons. The van der Waals surface area contributed by atoms with Gasteiger partial charge in [0.1, 0.15) is 5.02 Å². The van der Waals surface area contributed by atoms with Gasteiger partial charge in [0.2, 0.25) is 0 Å². The van der Waals surface area contributed by atoms with Crippen molar-refractivity contribution in [3.8, 4) is 0 Å². The van der Waals surface area contributed by atoms with E-state index in [4.69, 9.17) is 23.2 Å². The van der Waals surface area contributed by atoms with Crippen LogP contribution in [0.5, 0.6) is 0 Å². The molecule has 20 heavy (non-hydrogen) atoms. The van der Waals surface area contributed by atoms with E-state index in [1.54, 1.807) is 12.1 Å². The molecule has 0 spiro atoms. The molecular formula is C13H9BrCl2N2O2. The fraction of sp³-hybridized carbons (Fsp3) is 0.0769. The van der Waals surface area contributed by atoms with Gasteiger partial charge in [0.15, 0.2) is 0 Å². The molecule has 0 amide bonds. The van der Waals surface area contributed by atoms with Gasteiger partial charge in [-0.3, -0.25) is 10.1 Å². The van der Waals surface area contributed by atoms with Gasteiger partial charge < -0.3 is 5.32 Å². The maximum Gasteiger partial charge on any atom is 0.288 e. The monoisotopic (exact) mass is 374 g/mol. The van der Waals surface area contributed by atoms with Crippen molar-refractivity contribution in [3.63, 3.8) is 0 Å². The summed E-state index contributed by atoms with van der Waals surface area (Å²) in [6.07, 6.45) is 0. The number of hydrogen-bond acceptors (Lipinski definition) is 3. The number of anilines is 1. The highest BCUT2D eigenvalue weighted by Crippen LogP contribution is 2.28. The summed E-state index contributed by atoms with van der Waals surface area (Å²) in [4.78, 5) is 10.2. The molecule has 0 radical (unpaired) electrons. The summed E-state index contributed by atoms with van der Waals surface area (Å²) in [6.45, 7) is 0.500. The molecule has 4 nitrogen and oxygen atoms in total. The fourth-order valence-electron chi connectivity index (χ4n) is 1.63. The number of nitrogens with zero attached hydrogens (tertiary/aromatic N) is 1. The summed E-state index contributed by atoms with van der Waals surface area (Å²) in [5.74, 6) is 0. The van der Waals surface area contributed by atoms with E-state index in [9.17, 15) is 10.1 Å². The number of nitro groups is 1. The minimum Gasteiger partial charge on any atom is -0.381 e. The topological polar surface area (TPSA) is 55.2 Å². The first-order chi connectivity index (χ1) is 9.47. The maximum absolute atomic E-state index is 10.7. The van der Waals surface area contributed by atoms with E-state index in [1.807, 2.05) is 12.1 Å². The molecule has 0 heterocycles. The Morgan fingerprint density at radius 2 is 1.90 bits per heavy atom. The Labute approximate surface area is 134 Å². The van der Waals surface area contributed by atoms with Crippen molar-refractivity contribution < 1.29 is 4.92 Å². The van der Waals surface area contributed by atoms with Crippen LogP contribution in [-0.2, 0) is 6.54 Å². The zero-order valence-corrected chi connectivity index (χ0v) is 13.2. The quantitative estimate of drug-likeness (QED) is 0.584. The lowest BCUT2D eigenvalue weighted by atomic mass is 10.2. The Bertz CT molecular complexity index is 665. The van der Waals surface area contributed by atoms with Gasteiger partial charge in [-0.2, -0.15) is 0 Å². The molecule has 0 aliphatic carbocycles. The number of nitro benzene ring substituents is 1. The summed E-state index contributed by atoms with van der Waals surface area (Å²) in [5.41, 5.74) is 1.50. The van der Waals surface area contributed by atoms with E-state index in [0.29, 0.717) is 17.3 Å². The van der Waals surface area contributed by atoms with Crippen LogP contribution in [0.1, 0.15) is 5.56 Å². The largest absolute Gasteiger partial charge is 0.381 e. The van der Waals surface area contributed by atoms with Crippen LogP contribution in [-0.4, -0.2) is 4.92 Å². The highest BCUT2D eigenvalue weighted by molar-refractivity contribution is 9.10. The molecule has 0 atom stereocenters. The molecule has 7 heteroatoms. The molecule has 1 N–H and O–H groups in total. The molecule has 2 rings (SSSR count). The molecule has 0 unspecified atom stereocenters. The van der Waals surface area contributed by atoms with E-state index in [2.05, 4.69) is 21.2 Å². The van der Waals surface area contributed by atoms with Crippen LogP contribution in [0.15, 0.2) is 40.9 Å². The van der Waals surface area contributed by atoms with Crippen LogP contribution in [0.4, 0.5) is 11.4 Å². The molecule has 0 bridgehead atoms. The first-order valence-electron chi connectivity index (χ1n) is 5.59. The molecule has 0 saturated heterocycles. The fourth-order valence-corrected chi connectivity index (χ4v) is 2.62. The van der Waals surface area contributed by atoms with Gasteiger partial charge >= 0.3 is 0 Å². The summed E-state index contributed by atoms with van der Waals surface area (Å²) in [6, 6.07) is 10.1. The van der Waals surface area contributed by atoms with Crippen molar-refractivity contribution in [2.24, 2.45) is 0 Å². The van der Waals surface area contributed by atoms with Crippen molar-refractivity contribution in [3.05, 3.63) is 66.6 Å². The number of nitrogens with one attached hydrogen (secondary N) is 1. The van der Waals surface area contributed by atoms with Gasteiger partial charge in [0, 0.05) is 27.8 Å². The molecule has 2 aromatic rings. The lowest BCUT2D eigenvalue weighted by molar-refractivity contribution is -0.384. The average Bonchev–Trinajstić information content (AvgIpc) is 2.37. The molecule has 0 saturated carbocycles. The van der Waals surface area contributed by atoms with Gasteiger partial charge in [-0.25, -0.2) is 0 Å². The lowest BCUT2D eigenvalue weighted by Gasteiger charge is -2.09. The third-order valence-electron chi connectivity index (χ3n) is 2.64. The molecular weight excluding hydrogens is 367 g/mol. The third-order valence-corrected chi connectivity index (χ3v) is 3.79. The van der Waals surface area contributed by atoms with E-state index < -0.39 is 4.92 Å². The van der Waals surface area contributed by atoms with Crippen molar-refractivity contribution >= 4 is 50.5 Å². The van der Waals surface area contributed by atoms with Crippen LogP contribution in [0.3, 0.4) is 0 Å². The Kier molecular flexibility index (Phi) is 4.86. The molecule has 2 aromatic carbocycles. The Morgan fingerprint density at radius 3 is 2.50 bits per heavy atom. The second-order valence-electron chi connectivity index (χ2n) is 4.01. The first-order valence-corrected chi connectivity index (χ1v) is 7.14. The summed E-state index contributed by atoms with van der Waals surface area (Å²) in [7, 11) is 0. The van der Waals surface area contributed by atoms with Crippen molar-refractivity contribution in [1.82, 2.24) is 0 Å². The van der Waals surface area contributed by atoms with Crippen LogP contribution >= 0.6 is 39.1 Å². The van der Waals surface area contributed by atoms with Gasteiger partial charge in [0.25, 0.3) is 5.69 Å². The Morgan fingerprint density at radius 1 is 1.15 bits per heavy atom. The van der Waals surface area contributed by atoms with Crippen LogP contribution < -0.4 is 5.32 Å². The highest BCUT2D eigenvalue weighted by atomic mass is 79.9. The summed E-state index contributed by atoms with van der Waals surface area (Å²) >= 11 is 15.3. The van der Waals surface area contributed by atoms with Crippen LogP contribution in [0.2, 0.25) is 10.0 Å². The van der Waals surface area contributed by atoms with Crippen LogP contribution in [0, 0.1) is 10.1 Å². The van der Waals surface area contributed by atoms with E-state index >= 15 is 0 Å². The lowest BCUT2D eigenvalue weighted by Crippen LogP contribution is -2.00. The van der Waals surface area contributed by atoms with Crippen molar-refractivity contribution in [2.45, 2.75) is 6.54 Å². The van der Waals surface area contributed by atoms with Crippen molar-refractivity contribution in [1.29, 1.82) is 0 Å². The summed E-state index contributed by atoms with van der Waals surface area (Å²) in [5, 5.41) is 14.5. The normalized spacial score (nSPS) is 10.3. The zero-order chi connectivity index (χ0) is 14.7. The summed E-state index contributed by atoms with van der Waals surface area (Å²) < 4.78 is 0.907. The molecule has 0 aromatic heterocycles. The number of benzene rings is 2. The molecule has 0 aliphatic rings. The van der Waals surface area contributed by atoms with Crippen LogP contribution in [0.25, 0.3) is 0 Å². The smallest absolute Gasteiger partial charge is 0.288 e. The number of halogens is 3. The van der Waals surface area contributed by atoms with Gasteiger partial charge in [-0.05, 0) is 29.8 Å². The highest BCUT2D eigenvalue weighted by Gasteiger charge is 2.12. The number of rotatable bonds is 4. The zero-order valence-electron chi connectivity index (χ0n) is 10.1. The minimum absolute atomic E-state index is 0.0990. The van der Waals surface area contributed by atoms with Gasteiger partial charge in [0.05, 0.1) is 4.92 Å². The van der Waals surface area contributed by atoms with Gasteiger partial charge in [-0.15, -0.1) is 0 Å². The maximum atomic E-state index is 10.7. The van der Waals surface area contributed by atoms with E-state index in [-0.39, 0.29) is 10.7 Å². The Balaban J connectivity index is 2.11. The standard InChI is InChI=1S/C13H9BrCl2N2O2/c14-9-2-1-8(11(15)5-9)7-17-10-3-4-13(18(19)20)12(16)6-10/h1-6,17H,7H2. The average molecular weight is 376 g/mol. The van der Waals surface area contributed by atoms with E-state index in [0.717, 1.165) is 10.0 Å². The Hall–Kier alpha value is -1.30. The second kappa shape index (κ2) is 6.43.